The molecule has 5 heteroatoms. The topological polar surface area (TPSA) is 68.8 Å². The molecule has 0 aliphatic rings. The highest BCUT2D eigenvalue weighted by Crippen LogP contribution is 2.17. The van der Waals surface area contributed by atoms with Gasteiger partial charge < -0.3 is 0 Å². The normalized spacial score (nSPS) is 12.5. The Kier molecular flexibility index (Phi) is 5.06. The zero-order valence-electron chi connectivity index (χ0n) is 11.3. The van der Waals surface area contributed by atoms with E-state index in [1.807, 2.05) is 35.4 Å². The molecule has 0 amide bonds. The molecule has 0 radical (unpaired) electrons. The average molecular weight is 259 g/mol. The first-order chi connectivity index (χ1) is 9.33. The molecule has 0 saturated carbocycles. The summed E-state index contributed by atoms with van der Waals surface area (Å²) in [5.74, 6) is 5.65. The van der Waals surface area contributed by atoms with Gasteiger partial charge in [-0.15, -0.1) is 0 Å². The maximum atomic E-state index is 5.65. The zero-order chi connectivity index (χ0) is 13.5. The van der Waals surface area contributed by atoms with Crippen LogP contribution in [-0.2, 0) is 13.0 Å². The van der Waals surface area contributed by atoms with E-state index in [-0.39, 0.29) is 6.04 Å². The van der Waals surface area contributed by atoms with Crippen LogP contribution in [0.25, 0.3) is 0 Å². The van der Waals surface area contributed by atoms with Crippen LogP contribution in [0.1, 0.15) is 36.9 Å². The first kappa shape index (κ1) is 13.7. The minimum absolute atomic E-state index is 0.138. The Morgan fingerprint density at radius 2 is 2.16 bits per heavy atom. The third-order valence-electron chi connectivity index (χ3n) is 3.18. The van der Waals surface area contributed by atoms with Crippen molar-refractivity contribution in [1.82, 2.24) is 20.2 Å². The number of aryl methyl sites for hydroxylation is 2. The van der Waals surface area contributed by atoms with Gasteiger partial charge in [-0.05, 0) is 37.0 Å². The van der Waals surface area contributed by atoms with Crippen molar-refractivity contribution in [3.8, 4) is 0 Å². The van der Waals surface area contributed by atoms with Crippen molar-refractivity contribution in [3.05, 3.63) is 48.0 Å². The molecule has 0 fully saturated rings. The molecular formula is C14H21N5. The Balaban J connectivity index is 1.95. The summed E-state index contributed by atoms with van der Waals surface area (Å²) >= 11 is 0. The maximum Gasteiger partial charge on any atom is 0.0538 e. The van der Waals surface area contributed by atoms with E-state index in [4.69, 9.17) is 5.84 Å². The molecule has 0 spiro atoms. The average Bonchev–Trinajstić information content (AvgIpc) is 2.90. The number of pyridine rings is 1. The molecule has 0 bridgehead atoms. The van der Waals surface area contributed by atoms with Crippen molar-refractivity contribution in [2.24, 2.45) is 5.84 Å². The summed E-state index contributed by atoms with van der Waals surface area (Å²) in [4.78, 5) is 4.02. The van der Waals surface area contributed by atoms with Gasteiger partial charge in [0, 0.05) is 36.7 Å². The Labute approximate surface area is 113 Å². The monoisotopic (exact) mass is 259 g/mol. The number of rotatable bonds is 7. The van der Waals surface area contributed by atoms with E-state index in [0.717, 1.165) is 31.4 Å². The van der Waals surface area contributed by atoms with Crippen LogP contribution >= 0.6 is 0 Å². The highest BCUT2D eigenvalue weighted by Gasteiger charge is 2.11. The van der Waals surface area contributed by atoms with Crippen molar-refractivity contribution >= 4 is 0 Å². The molecule has 102 valence electrons. The van der Waals surface area contributed by atoms with E-state index < -0.39 is 0 Å². The molecule has 3 N–H and O–H groups in total. The first-order valence-corrected chi connectivity index (χ1v) is 6.71. The highest BCUT2D eigenvalue weighted by molar-refractivity contribution is 5.14. The van der Waals surface area contributed by atoms with Gasteiger partial charge in [0.05, 0.1) is 6.20 Å². The van der Waals surface area contributed by atoms with Crippen LogP contribution in [0.15, 0.2) is 36.9 Å². The molecule has 0 aliphatic carbocycles. The minimum Gasteiger partial charge on any atom is -0.272 e. The van der Waals surface area contributed by atoms with Crippen LogP contribution < -0.4 is 11.3 Å². The highest BCUT2D eigenvalue weighted by atomic mass is 15.3. The van der Waals surface area contributed by atoms with Gasteiger partial charge in [-0.25, -0.2) is 0 Å². The summed E-state index contributed by atoms with van der Waals surface area (Å²) in [5.41, 5.74) is 5.29. The fourth-order valence-corrected chi connectivity index (χ4v) is 2.12. The fraction of sp³-hybridized carbons (Fsp3) is 0.429. The molecule has 0 saturated heterocycles. The minimum atomic E-state index is 0.138. The van der Waals surface area contributed by atoms with Gasteiger partial charge in [0.25, 0.3) is 0 Å². The number of nitrogens with one attached hydrogen (secondary N) is 1. The number of hydrogen-bond donors (Lipinski definition) is 2. The molecule has 1 atom stereocenters. The largest absolute Gasteiger partial charge is 0.272 e. The summed E-state index contributed by atoms with van der Waals surface area (Å²) in [6.07, 6.45) is 10.6. The lowest BCUT2D eigenvalue weighted by atomic mass is 10.0. The van der Waals surface area contributed by atoms with E-state index in [1.165, 1.54) is 5.56 Å². The smallest absolute Gasteiger partial charge is 0.0538 e. The molecule has 5 nitrogen and oxygen atoms in total. The first-order valence-electron chi connectivity index (χ1n) is 6.71. The number of nitrogens with two attached hydrogens (primary N) is 1. The van der Waals surface area contributed by atoms with E-state index in [1.54, 1.807) is 0 Å². The molecule has 2 rings (SSSR count). The van der Waals surface area contributed by atoms with Crippen molar-refractivity contribution in [3.63, 3.8) is 0 Å². The van der Waals surface area contributed by atoms with Gasteiger partial charge in [-0.1, -0.05) is 6.92 Å². The molecule has 19 heavy (non-hydrogen) atoms. The third-order valence-corrected chi connectivity index (χ3v) is 3.18. The van der Waals surface area contributed by atoms with Crippen LogP contribution in [0.4, 0.5) is 0 Å². The summed E-state index contributed by atoms with van der Waals surface area (Å²) in [6, 6.07) is 4.21. The van der Waals surface area contributed by atoms with Crippen LogP contribution in [0, 0.1) is 0 Å². The lowest BCUT2D eigenvalue weighted by molar-refractivity contribution is 0.514. The van der Waals surface area contributed by atoms with Gasteiger partial charge in [0.15, 0.2) is 0 Å². The van der Waals surface area contributed by atoms with E-state index in [2.05, 4.69) is 28.6 Å². The summed E-state index contributed by atoms with van der Waals surface area (Å²) in [6.45, 7) is 3.09. The van der Waals surface area contributed by atoms with Crippen molar-refractivity contribution in [2.45, 2.75) is 38.8 Å². The van der Waals surface area contributed by atoms with E-state index >= 15 is 0 Å². The van der Waals surface area contributed by atoms with Crippen LogP contribution in [0.3, 0.4) is 0 Å². The maximum absolute atomic E-state index is 5.65. The summed E-state index contributed by atoms with van der Waals surface area (Å²) in [7, 11) is 0. The Hall–Kier alpha value is -1.72. The second kappa shape index (κ2) is 7.01. The number of hydrogen-bond acceptors (Lipinski definition) is 4. The van der Waals surface area contributed by atoms with Crippen LogP contribution in [-0.4, -0.2) is 14.8 Å². The second-order valence-corrected chi connectivity index (χ2v) is 4.65. The molecule has 2 heterocycles. The number of nitrogens with zero attached hydrogens (tertiary/aromatic N) is 3. The van der Waals surface area contributed by atoms with Gasteiger partial charge in [-0.2, -0.15) is 5.10 Å². The quantitative estimate of drug-likeness (QED) is 0.588. The van der Waals surface area contributed by atoms with E-state index in [9.17, 15) is 0 Å². The molecule has 1 unspecified atom stereocenters. The zero-order valence-corrected chi connectivity index (χ0v) is 11.3. The van der Waals surface area contributed by atoms with Crippen molar-refractivity contribution in [2.75, 3.05) is 0 Å². The van der Waals surface area contributed by atoms with Crippen LogP contribution in [0.2, 0.25) is 0 Å². The molecule has 2 aromatic rings. The lowest BCUT2D eigenvalue weighted by Crippen LogP contribution is -2.28. The SMILES string of the molecule is CCCn1cc(C(CCc2ccncc2)NN)cn1. The Morgan fingerprint density at radius 3 is 2.84 bits per heavy atom. The molecule has 0 aliphatic heterocycles. The summed E-state index contributed by atoms with van der Waals surface area (Å²) < 4.78 is 1.96. The van der Waals surface area contributed by atoms with Crippen LogP contribution in [0.5, 0.6) is 0 Å². The summed E-state index contributed by atoms with van der Waals surface area (Å²) in [5, 5.41) is 4.34. The molecular weight excluding hydrogens is 238 g/mol. The van der Waals surface area contributed by atoms with E-state index in [0.29, 0.717) is 0 Å². The lowest BCUT2D eigenvalue weighted by Gasteiger charge is -2.13. The second-order valence-electron chi connectivity index (χ2n) is 4.65. The predicted octanol–water partition coefficient (Wildman–Crippen LogP) is 1.83. The predicted molar refractivity (Wildman–Crippen MR) is 75.1 cm³/mol. The molecule has 2 aromatic heterocycles. The van der Waals surface area contributed by atoms with Crippen molar-refractivity contribution in [1.29, 1.82) is 0 Å². The Bertz CT molecular complexity index is 480. The van der Waals surface area contributed by atoms with Gasteiger partial charge in [0.2, 0.25) is 0 Å². The fourth-order valence-electron chi connectivity index (χ4n) is 2.12. The van der Waals surface area contributed by atoms with Gasteiger partial charge >= 0.3 is 0 Å². The Morgan fingerprint density at radius 1 is 1.37 bits per heavy atom. The van der Waals surface area contributed by atoms with Gasteiger partial charge in [-0.3, -0.25) is 20.9 Å². The van der Waals surface area contributed by atoms with Gasteiger partial charge in [0.1, 0.15) is 0 Å². The third kappa shape index (κ3) is 3.87. The molecule has 0 aromatic carbocycles. The number of hydrazine groups is 1. The van der Waals surface area contributed by atoms with Crippen molar-refractivity contribution < 1.29 is 0 Å². The number of aromatic nitrogens is 3. The standard InChI is InChI=1S/C14H21N5/c1-2-9-19-11-13(10-17-19)14(18-15)4-3-12-5-7-16-8-6-12/h5-8,10-11,14,18H,2-4,9,15H2,1H3.